The zero-order valence-electron chi connectivity index (χ0n) is 9.94. The molecule has 1 aromatic heterocycles. The maximum Gasteiger partial charge on any atom is 0.0997 e. The molecule has 0 saturated heterocycles. The highest BCUT2D eigenvalue weighted by atomic mass is 15.1. The lowest BCUT2D eigenvalue weighted by Crippen LogP contribution is -2.10. The van der Waals surface area contributed by atoms with Crippen molar-refractivity contribution in [3.8, 4) is 5.69 Å². The molecular formula is C13H17N3. The van der Waals surface area contributed by atoms with Crippen LogP contribution in [0.1, 0.15) is 29.9 Å². The molecule has 0 aliphatic rings. The van der Waals surface area contributed by atoms with E-state index in [0.29, 0.717) is 0 Å². The largest absolute Gasteiger partial charge is 0.324 e. The summed E-state index contributed by atoms with van der Waals surface area (Å²) in [4.78, 5) is 4.32. The Morgan fingerprint density at radius 3 is 2.50 bits per heavy atom. The van der Waals surface area contributed by atoms with E-state index in [9.17, 15) is 0 Å². The standard InChI is InChI=1S/C13H17N3/c1-9(14)12-6-4-5-7-13(12)16-8-15-10(2)11(16)3/h4-9H,14H2,1-3H3/t9-/m1/s1. The first kappa shape index (κ1) is 10.9. The van der Waals surface area contributed by atoms with Crippen LogP contribution < -0.4 is 5.73 Å². The van der Waals surface area contributed by atoms with Gasteiger partial charge in [0.2, 0.25) is 0 Å². The summed E-state index contributed by atoms with van der Waals surface area (Å²) >= 11 is 0. The molecule has 0 aliphatic carbocycles. The SMILES string of the molecule is Cc1ncn(-c2ccccc2[C@@H](C)N)c1C. The lowest BCUT2D eigenvalue weighted by Gasteiger charge is -2.14. The van der Waals surface area contributed by atoms with Crippen LogP contribution in [0, 0.1) is 13.8 Å². The van der Waals surface area contributed by atoms with Gasteiger partial charge >= 0.3 is 0 Å². The van der Waals surface area contributed by atoms with Gasteiger partial charge in [-0.15, -0.1) is 0 Å². The minimum atomic E-state index is 0.0262. The van der Waals surface area contributed by atoms with Gasteiger partial charge in [0.15, 0.2) is 0 Å². The van der Waals surface area contributed by atoms with E-state index in [1.54, 1.807) is 0 Å². The summed E-state index contributed by atoms with van der Waals surface area (Å²) in [6, 6.07) is 8.21. The molecule has 16 heavy (non-hydrogen) atoms. The van der Waals surface area contributed by atoms with Gasteiger partial charge in [0.1, 0.15) is 0 Å². The molecule has 0 fully saturated rings. The third-order valence-corrected chi connectivity index (χ3v) is 2.94. The van der Waals surface area contributed by atoms with Crippen molar-refractivity contribution in [3.63, 3.8) is 0 Å². The lowest BCUT2D eigenvalue weighted by molar-refractivity contribution is 0.800. The van der Waals surface area contributed by atoms with Crippen LogP contribution in [0.15, 0.2) is 30.6 Å². The molecule has 2 rings (SSSR count). The Bertz CT molecular complexity index is 498. The van der Waals surface area contributed by atoms with Gasteiger partial charge in [-0.3, -0.25) is 0 Å². The number of imidazole rings is 1. The van der Waals surface area contributed by atoms with E-state index in [4.69, 9.17) is 5.73 Å². The topological polar surface area (TPSA) is 43.8 Å². The predicted molar refractivity (Wildman–Crippen MR) is 65.6 cm³/mol. The molecule has 1 aromatic carbocycles. The normalized spacial score (nSPS) is 12.8. The molecule has 84 valence electrons. The fraction of sp³-hybridized carbons (Fsp3) is 0.308. The number of hydrogen-bond acceptors (Lipinski definition) is 2. The number of aryl methyl sites for hydroxylation is 1. The predicted octanol–water partition coefficient (Wildman–Crippen LogP) is 2.51. The average molecular weight is 215 g/mol. The van der Waals surface area contributed by atoms with Crippen LogP contribution in [-0.2, 0) is 0 Å². The highest BCUT2D eigenvalue weighted by Crippen LogP contribution is 2.22. The molecule has 3 nitrogen and oxygen atoms in total. The van der Waals surface area contributed by atoms with Crippen LogP contribution in [0.4, 0.5) is 0 Å². The third kappa shape index (κ3) is 1.74. The first-order valence-corrected chi connectivity index (χ1v) is 5.46. The molecule has 0 bridgehead atoms. The van der Waals surface area contributed by atoms with Crippen molar-refractivity contribution in [1.29, 1.82) is 0 Å². The Morgan fingerprint density at radius 1 is 1.25 bits per heavy atom. The molecule has 0 spiro atoms. The fourth-order valence-electron chi connectivity index (χ4n) is 1.83. The monoisotopic (exact) mass is 215 g/mol. The number of nitrogens with zero attached hydrogens (tertiary/aromatic N) is 2. The molecule has 0 amide bonds. The Balaban J connectivity index is 2.60. The molecule has 3 heteroatoms. The van der Waals surface area contributed by atoms with E-state index in [2.05, 4.69) is 28.6 Å². The number of hydrogen-bond donors (Lipinski definition) is 1. The molecule has 2 aromatic rings. The Hall–Kier alpha value is -1.61. The van der Waals surface area contributed by atoms with Crippen LogP contribution in [0.2, 0.25) is 0 Å². The molecule has 0 saturated carbocycles. The van der Waals surface area contributed by atoms with Gasteiger partial charge in [0, 0.05) is 11.7 Å². The molecule has 1 heterocycles. The molecule has 2 N–H and O–H groups in total. The lowest BCUT2D eigenvalue weighted by atomic mass is 10.1. The maximum atomic E-state index is 5.98. The number of para-hydroxylation sites is 1. The van der Waals surface area contributed by atoms with Gasteiger partial charge in [-0.05, 0) is 32.4 Å². The van der Waals surface area contributed by atoms with Crippen molar-refractivity contribution in [2.75, 3.05) is 0 Å². The summed E-state index contributed by atoms with van der Waals surface area (Å²) in [6.45, 7) is 6.08. The van der Waals surface area contributed by atoms with E-state index in [1.165, 1.54) is 0 Å². The van der Waals surface area contributed by atoms with Gasteiger partial charge in [-0.1, -0.05) is 18.2 Å². The van der Waals surface area contributed by atoms with Crippen molar-refractivity contribution >= 4 is 0 Å². The van der Waals surface area contributed by atoms with Crippen molar-refractivity contribution < 1.29 is 0 Å². The quantitative estimate of drug-likeness (QED) is 0.836. The smallest absolute Gasteiger partial charge is 0.0997 e. The minimum Gasteiger partial charge on any atom is -0.324 e. The van der Waals surface area contributed by atoms with Crippen molar-refractivity contribution in [2.45, 2.75) is 26.8 Å². The number of benzene rings is 1. The molecule has 0 aliphatic heterocycles. The zero-order valence-corrected chi connectivity index (χ0v) is 9.94. The van der Waals surface area contributed by atoms with Crippen LogP contribution >= 0.6 is 0 Å². The molecule has 0 radical (unpaired) electrons. The van der Waals surface area contributed by atoms with Crippen LogP contribution in [0.3, 0.4) is 0 Å². The Labute approximate surface area is 95.9 Å². The van der Waals surface area contributed by atoms with Crippen LogP contribution in [0.5, 0.6) is 0 Å². The van der Waals surface area contributed by atoms with Crippen molar-refractivity contribution in [1.82, 2.24) is 9.55 Å². The van der Waals surface area contributed by atoms with Gasteiger partial charge in [0.05, 0.1) is 17.7 Å². The van der Waals surface area contributed by atoms with Crippen molar-refractivity contribution in [2.24, 2.45) is 5.73 Å². The van der Waals surface area contributed by atoms with Gasteiger partial charge < -0.3 is 10.3 Å². The second-order valence-electron chi connectivity index (χ2n) is 4.13. The van der Waals surface area contributed by atoms with Gasteiger partial charge in [0.25, 0.3) is 0 Å². The second kappa shape index (κ2) is 4.10. The van der Waals surface area contributed by atoms with E-state index in [1.807, 2.05) is 32.3 Å². The Morgan fingerprint density at radius 2 is 1.94 bits per heavy atom. The third-order valence-electron chi connectivity index (χ3n) is 2.94. The summed E-state index contributed by atoms with van der Waals surface area (Å²) in [7, 11) is 0. The van der Waals surface area contributed by atoms with E-state index >= 15 is 0 Å². The van der Waals surface area contributed by atoms with E-state index in [0.717, 1.165) is 22.6 Å². The first-order valence-electron chi connectivity index (χ1n) is 5.46. The number of rotatable bonds is 2. The van der Waals surface area contributed by atoms with Crippen molar-refractivity contribution in [3.05, 3.63) is 47.5 Å². The summed E-state index contributed by atoms with van der Waals surface area (Å²) < 4.78 is 2.09. The second-order valence-corrected chi connectivity index (χ2v) is 4.13. The van der Waals surface area contributed by atoms with E-state index in [-0.39, 0.29) is 6.04 Å². The van der Waals surface area contributed by atoms with Crippen LogP contribution in [-0.4, -0.2) is 9.55 Å². The highest BCUT2D eigenvalue weighted by molar-refractivity contribution is 5.44. The van der Waals surface area contributed by atoms with E-state index < -0.39 is 0 Å². The number of nitrogens with two attached hydrogens (primary N) is 1. The van der Waals surface area contributed by atoms with Crippen LogP contribution in [0.25, 0.3) is 5.69 Å². The number of aromatic nitrogens is 2. The summed E-state index contributed by atoms with van der Waals surface area (Å²) in [5.74, 6) is 0. The fourth-order valence-corrected chi connectivity index (χ4v) is 1.83. The molecule has 0 unspecified atom stereocenters. The Kier molecular flexibility index (Phi) is 2.79. The summed E-state index contributed by atoms with van der Waals surface area (Å²) in [6.07, 6.45) is 1.85. The van der Waals surface area contributed by atoms with Gasteiger partial charge in [-0.2, -0.15) is 0 Å². The molecule has 1 atom stereocenters. The minimum absolute atomic E-state index is 0.0262. The first-order chi connectivity index (χ1) is 7.61. The molecular weight excluding hydrogens is 198 g/mol. The summed E-state index contributed by atoms with van der Waals surface area (Å²) in [5, 5.41) is 0. The average Bonchev–Trinajstić information content (AvgIpc) is 2.60. The highest BCUT2D eigenvalue weighted by Gasteiger charge is 2.10. The zero-order chi connectivity index (χ0) is 11.7. The van der Waals surface area contributed by atoms with Gasteiger partial charge in [-0.25, -0.2) is 4.98 Å². The summed E-state index contributed by atoms with van der Waals surface area (Å²) in [5.41, 5.74) is 10.5. The maximum absolute atomic E-state index is 5.98.